The number of carboxylic acids is 1. The van der Waals surface area contributed by atoms with Crippen molar-refractivity contribution in [3.63, 3.8) is 0 Å². The molecule has 4 heteroatoms. The van der Waals surface area contributed by atoms with E-state index in [1.165, 1.54) is 0 Å². The van der Waals surface area contributed by atoms with E-state index in [4.69, 9.17) is 10.8 Å². The summed E-state index contributed by atoms with van der Waals surface area (Å²) in [6.45, 7) is 3.68. The molecule has 0 heterocycles. The molecule has 17 heavy (non-hydrogen) atoms. The molecule has 0 bridgehead atoms. The van der Waals surface area contributed by atoms with Gasteiger partial charge in [-0.1, -0.05) is 12.1 Å². The Hall–Kier alpha value is -1.55. The van der Waals surface area contributed by atoms with Gasteiger partial charge in [-0.2, -0.15) is 0 Å². The minimum Gasteiger partial charge on any atom is -0.507 e. The molecule has 0 aliphatic carbocycles. The van der Waals surface area contributed by atoms with Crippen LogP contribution in [0.2, 0.25) is 0 Å². The molecule has 4 nitrogen and oxygen atoms in total. The van der Waals surface area contributed by atoms with Crippen molar-refractivity contribution in [2.24, 2.45) is 5.73 Å². The van der Waals surface area contributed by atoms with Crippen molar-refractivity contribution in [2.45, 2.75) is 39.2 Å². The molecule has 1 aromatic carbocycles. The third-order valence-corrected chi connectivity index (χ3v) is 2.78. The predicted octanol–water partition coefficient (Wildman–Crippen LogP) is 1.74. The molecule has 1 rings (SSSR count). The van der Waals surface area contributed by atoms with Crippen LogP contribution in [0.5, 0.6) is 5.75 Å². The fourth-order valence-corrected chi connectivity index (χ4v) is 1.88. The highest BCUT2D eigenvalue weighted by molar-refractivity contribution is 5.66. The van der Waals surface area contributed by atoms with Crippen LogP contribution in [0.3, 0.4) is 0 Å². The van der Waals surface area contributed by atoms with Gasteiger partial charge < -0.3 is 15.9 Å². The monoisotopic (exact) mass is 237 g/mol. The van der Waals surface area contributed by atoms with Gasteiger partial charge >= 0.3 is 5.97 Å². The van der Waals surface area contributed by atoms with Crippen LogP contribution in [0.1, 0.15) is 29.5 Å². The summed E-state index contributed by atoms with van der Waals surface area (Å²) >= 11 is 0. The van der Waals surface area contributed by atoms with Crippen LogP contribution in [0.25, 0.3) is 0 Å². The van der Waals surface area contributed by atoms with Crippen LogP contribution in [-0.2, 0) is 11.2 Å². The van der Waals surface area contributed by atoms with Crippen molar-refractivity contribution >= 4 is 5.97 Å². The minimum atomic E-state index is -0.821. The van der Waals surface area contributed by atoms with Gasteiger partial charge in [0.1, 0.15) is 5.75 Å². The summed E-state index contributed by atoms with van der Waals surface area (Å²) in [4.78, 5) is 10.4. The van der Waals surface area contributed by atoms with Gasteiger partial charge in [0.15, 0.2) is 0 Å². The second-order valence-electron chi connectivity index (χ2n) is 4.47. The first-order chi connectivity index (χ1) is 7.90. The highest BCUT2D eigenvalue weighted by atomic mass is 16.4. The van der Waals surface area contributed by atoms with Crippen LogP contribution in [0.4, 0.5) is 0 Å². The second-order valence-corrected chi connectivity index (χ2v) is 4.47. The van der Waals surface area contributed by atoms with E-state index in [0.29, 0.717) is 18.6 Å². The Morgan fingerprint density at radius 3 is 2.35 bits per heavy atom. The molecule has 0 aliphatic rings. The summed E-state index contributed by atoms with van der Waals surface area (Å²) in [6, 6.07) is 3.63. The molecule has 1 aromatic rings. The van der Waals surface area contributed by atoms with Crippen LogP contribution in [0.15, 0.2) is 12.1 Å². The lowest BCUT2D eigenvalue weighted by Crippen LogP contribution is -2.23. The van der Waals surface area contributed by atoms with Crippen LogP contribution >= 0.6 is 0 Å². The molecule has 0 aliphatic heterocycles. The number of phenols is 1. The van der Waals surface area contributed by atoms with Crippen LogP contribution in [0, 0.1) is 13.8 Å². The minimum absolute atomic E-state index is 0.0945. The zero-order chi connectivity index (χ0) is 13.0. The summed E-state index contributed by atoms with van der Waals surface area (Å²) in [5, 5.41) is 18.2. The van der Waals surface area contributed by atoms with E-state index in [1.807, 2.05) is 26.0 Å². The van der Waals surface area contributed by atoms with Crippen molar-refractivity contribution in [2.75, 3.05) is 0 Å². The Balaban J connectivity index is 2.65. The van der Waals surface area contributed by atoms with Crippen molar-refractivity contribution in [1.29, 1.82) is 0 Å². The van der Waals surface area contributed by atoms with Gasteiger partial charge in [-0.3, -0.25) is 4.79 Å². The Kier molecular flexibility index (Phi) is 4.52. The quantitative estimate of drug-likeness (QED) is 0.728. The van der Waals surface area contributed by atoms with E-state index in [1.54, 1.807) is 0 Å². The summed E-state index contributed by atoms with van der Waals surface area (Å²) in [6.07, 6.45) is 1.20. The first-order valence-corrected chi connectivity index (χ1v) is 5.66. The Bertz CT molecular complexity index is 392. The van der Waals surface area contributed by atoms with Crippen molar-refractivity contribution < 1.29 is 15.0 Å². The highest BCUT2D eigenvalue weighted by Crippen LogP contribution is 2.23. The van der Waals surface area contributed by atoms with E-state index in [-0.39, 0.29) is 12.5 Å². The average molecular weight is 237 g/mol. The number of aryl methyl sites for hydroxylation is 2. The summed E-state index contributed by atoms with van der Waals surface area (Å²) in [5.74, 6) is -0.508. The third kappa shape index (κ3) is 4.07. The van der Waals surface area contributed by atoms with E-state index < -0.39 is 5.97 Å². The number of aromatic hydroxyl groups is 1. The molecule has 0 spiro atoms. The maximum absolute atomic E-state index is 10.4. The summed E-state index contributed by atoms with van der Waals surface area (Å²) in [5.41, 5.74) is 8.55. The topological polar surface area (TPSA) is 83.6 Å². The first-order valence-electron chi connectivity index (χ1n) is 5.66. The van der Waals surface area contributed by atoms with Crippen LogP contribution in [-0.4, -0.2) is 22.2 Å². The molecular formula is C13H19NO3. The van der Waals surface area contributed by atoms with E-state index in [0.717, 1.165) is 16.7 Å². The average Bonchev–Trinajstić information content (AvgIpc) is 2.23. The summed E-state index contributed by atoms with van der Waals surface area (Å²) in [7, 11) is 0. The maximum atomic E-state index is 10.4. The number of carbonyl (C=O) groups is 1. The van der Waals surface area contributed by atoms with Gasteiger partial charge in [0.25, 0.3) is 0 Å². The third-order valence-electron chi connectivity index (χ3n) is 2.78. The molecule has 0 aromatic heterocycles. The molecule has 0 saturated carbocycles. The Labute approximate surface area is 101 Å². The molecule has 0 saturated heterocycles. The maximum Gasteiger partial charge on any atom is 0.303 e. The number of aliphatic carboxylic acids is 1. The molecule has 0 fully saturated rings. The number of hydrogen-bond donors (Lipinski definition) is 3. The molecule has 0 radical (unpaired) electrons. The van der Waals surface area contributed by atoms with Crippen LogP contribution < -0.4 is 5.73 Å². The van der Waals surface area contributed by atoms with Crippen molar-refractivity contribution in [3.8, 4) is 5.75 Å². The van der Waals surface area contributed by atoms with Gasteiger partial charge in [0.2, 0.25) is 0 Å². The Morgan fingerprint density at radius 2 is 1.88 bits per heavy atom. The molecule has 94 valence electrons. The Morgan fingerprint density at radius 1 is 1.35 bits per heavy atom. The number of hydrogen-bond acceptors (Lipinski definition) is 3. The SMILES string of the molecule is Cc1cc(CC(N)CCC(=O)O)cc(C)c1O. The van der Waals surface area contributed by atoms with E-state index in [9.17, 15) is 9.90 Å². The lowest BCUT2D eigenvalue weighted by atomic mass is 9.98. The van der Waals surface area contributed by atoms with Gasteiger partial charge in [0.05, 0.1) is 0 Å². The molecule has 1 unspecified atom stereocenters. The molecule has 4 N–H and O–H groups in total. The van der Waals surface area contributed by atoms with Gasteiger partial charge in [0, 0.05) is 12.5 Å². The fraction of sp³-hybridized carbons (Fsp3) is 0.462. The first kappa shape index (κ1) is 13.5. The smallest absolute Gasteiger partial charge is 0.303 e. The van der Waals surface area contributed by atoms with Crippen molar-refractivity contribution in [1.82, 2.24) is 0 Å². The standard InChI is InChI=1S/C13H19NO3/c1-8-5-10(6-9(2)13(8)17)7-11(14)3-4-12(15)16/h5-6,11,17H,3-4,7,14H2,1-2H3,(H,15,16). The van der Waals surface area contributed by atoms with Crippen molar-refractivity contribution in [3.05, 3.63) is 28.8 Å². The van der Waals surface area contributed by atoms with Gasteiger partial charge in [-0.15, -0.1) is 0 Å². The lowest BCUT2D eigenvalue weighted by molar-refractivity contribution is -0.137. The largest absolute Gasteiger partial charge is 0.507 e. The van der Waals surface area contributed by atoms with Gasteiger partial charge in [-0.25, -0.2) is 0 Å². The fourth-order valence-electron chi connectivity index (χ4n) is 1.88. The zero-order valence-corrected chi connectivity index (χ0v) is 10.2. The number of rotatable bonds is 5. The highest BCUT2D eigenvalue weighted by Gasteiger charge is 2.09. The number of benzene rings is 1. The molecular weight excluding hydrogens is 218 g/mol. The summed E-state index contributed by atoms with van der Waals surface area (Å²) < 4.78 is 0. The van der Waals surface area contributed by atoms with E-state index >= 15 is 0 Å². The second kappa shape index (κ2) is 5.68. The lowest BCUT2D eigenvalue weighted by Gasteiger charge is -2.12. The normalized spacial score (nSPS) is 12.4. The number of carboxylic acid groups (broad SMARTS) is 1. The predicted molar refractivity (Wildman–Crippen MR) is 66.1 cm³/mol. The molecule has 0 amide bonds. The van der Waals surface area contributed by atoms with E-state index in [2.05, 4.69) is 0 Å². The zero-order valence-electron chi connectivity index (χ0n) is 10.2. The van der Waals surface area contributed by atoms with Gasteiger partial charge in [-0.05, 0) is 43.4 Å². The number of phenolic OH excluding ortho intramolecular Hbond substituents is 1. The number of nitrogens with two attached hydrogens (primary N) is 1. The molecule has 1 atom stereocenters.